The fourth-order valence-corrected chi connectivity index (χ4v) is 9.32. The molecule has 0 bridgehead atoms. The molecule has 5 aromatic rings. The third kappa shape index (κ3) is 5.72. The van der Waals surface area contributed by atoms with Gasteiger partial charge in [-0.25, -0.2) is 4.98 Å². The molecule has 4 nitrogen and oxygen atoms in total. The van der Waals surface area contributed by atoms with Crippen LogP contribution in [0.1, 0.15) is 127 Å². The highest BCUT2D eigenvalue weighted by atomic mass is 16.5. The molecule has 4 aromatic carbocycles. The van der Waals surface area contributed by atoms with E-state index in [4.69, 9.17) is 14.7 Å². The molecule has 0 radical (unpaired) electrons. The van der Waals surface area contributed by atoms with Gasteiger partial charge in [-0.1, -0.05) is 105 Å². The molecule has 0 unspecified atom stereocenters. The number of anilines is 3. The molecule has 0 N–H and O–H groups in total. The first kappa shape index (κ1) is 34.4. The van der Waals surface area contributed by atoms with Crippen LogP contribution in [0.4, 0.5) is 17.2 Å². The number of hydrogen-bond donors (Lipinski definition) is 0. The third-order valence-corrected chi connectivity index (χ3v) is 12.4. The largest absolute Gasteiger partial charge is 0.440 e. The van der Waals surface area contributed by atoms with Crippen LogP contribution in [-0.4, -0.2) is 16.7 Å². The highest BCUT2D eigenvalue weighted by molar-refractivity contribution is 6.99. The summed E-state index contributed by atoms with van der Waals surface area (Å²) in [5.74, 6) is 3.37. The van der Waals surface area contributed by atoms with Crippen LogP contribution in [0.5, 0.6) is 11.6 Å². The summed E-state index contributed by atoms with van der Waals surface area (Å²) in [4.78, 5) is 13.7. The highest BCUT2D eigenvalue weighted by Crippen LogP contribution is 2.44. The lowest BCUT2D eigenvalue weighted by atomic mass is 9.34. The fraction of sp³-hybridized carbons (Fsp3) is 0.417. The number of rotatable bonds is 2. The molecule has 3 heterocycles. The van der Waals surface area contributed by atoms with Gasteiger partial charge in [-0.3, -0.25) is 4.90 Å². The lowest BCUT2D eigenvalue weighted by Crippen LogP contribution is -2.60. The van der Waals surface area contributed by atoms with Gasteiger partial charge in [-0.15, -0.1) is 0 Å². The maximum Gasteiger partial charge on any atom is 0.260 e. The molecule has 4 aliphatic rings. The van der Waals surface area contributed by atoms with E-state index in [1.54, 1.807) is 0 Å². The van der Waals surface area contributed by atoms with Crippen LogP contribution < -0.4 is 26.0 Å². The maximum absolute atomic E-state index is 7.02. The van der Waals surface area contributed by atoms with Crippen LogP contribution in [0, 0.1) is 0 Å². The van der Waals surface area contributed by atoms with E-state index in [0.717, 1.165) is 54.2 Å². The van der Waals surface area contributed by atoms with Crippen molar-refractivity contribution in [2.24, 2.45) is 0 Å². The van der Waals surface area contributed by atoms with E-state index in [9.17, 15) is 0 Å². The molecular weight excluding hydrogens is 645 g/mol. The van der Waals surface area contributed by atoms with Crippen molar-refractivity contribution in [1.29, 1.82) is 0 Å². The minimum Gasteiger partial charge on any atom is -0.440 e. The van der Waals surface area contributed by atoms with Gasteiger partial charge in [0.2, 0.25) is 5.88 Å². The first-order valence-corrected chi connectivity index (χ1v) is 20.1. The van der Waals surface area contributed by atoms with Crippen molar-refractivity contribution in [2.75, 3.05) is 4.90 Å². The van der Waals surface area contributed by atoms with Crippen molar-refractivity contribution >= 4 is 40.3 Å². The van der Waals surface area contributed by atoms with Crippen molar-refractivity contribution < 1.29 is 4.74 Å². The minimum atomic E-state index is -0.0545. The zero-order chi connectivity index (χ0) is 37.0. The standard InChI is InChI=1S/C48H54BN3O/c1-46(2,3)31-18-22-34(23-19-31)52-39-24-20-32(47(4,5)6)27-37(39)49-38-28-33(48(7,8)9)21-25-40(38)53-45-42(49)44(52)50-43(51-45)41-35-16-12-10-14-29(35)26-30-15-11-13-17-36(30)41/h18-28H,10-17H2,1-9H3. The molecule has 2 aliphatic carbocycles. The van der Waals surface area contributed by atoms with Gasteiger partial charge in [0, 0.05) is 22.4 Å². The number of aromatic nitrogens is 2. The van der Waals surface area contributed by atoms with E-state index in [0.29, 0.717) is 5.88 Å². The second-order valence-corrected chi connectivity index (χ2v) is 19.2. The minimum absolute atomic E-state index is 0.00439. The summed E-state index contributed by atoms with van der Waals surface area (Å²) in [6, 6.07) is 25.7. The van der Waals surface area contributed by atoms with Gasteiger partial charge in [-0.2, -0.15) is 4.98 Å². The first-order valence-electron chi connectivity index (χ1n) is 20.1. The smallest absolute Gasteiger partial charge is 0.260 e. The number of aryl methyl sites for hydroxylation is 2. The van der Waals surface area contributed by atoms with Crippen molar-refractivity contribution in [3.05, 3.63) is 106 Å². The Morgan fingerprint density at radius 2 is 1.13 bits per heavy atom. The number of fused-ring (bicyclic) bond motifs is 6. The van der Waals surface area contributed by atoms with Gasteiger partial charge in [0.1, 0.15) is 11.6 Å². The Balaban J connectivity index is 1.36. The summed E-state index contributed by atoms with van der Waals surface area (Å²) >= 11 is 0. The summed E-state index contributed by atoms with van der Waals surface area (Å²) in [5, 5.41) is 0. The molecule has 0 atom stereocenters. The average Bonchev–Trinajstić information content (AvgIpc) is 3.12. The van der Waals surface area contributed by atoms with Gasteiger partial charge in [0.15, 0.2) is 5.82 Å². The summed E-state index contributed by atoms with van der Waals surface area (Å²) in [6.45, 7) is 20.6. The second-order valence-electron chi connectivity index (χ2n) is 19.2. The predicted molar refractivity (Wildman–Crippen MR) is 223 cm³/mol. The van der Waals surface area contributed by atoms with E-state index in [-0.39, 0.29) is 23.0 Å². The zero-order valence-corrected chi connectivity index (χ0v) is 33.3. The molecule has 5 heteroatoms. The van der Waals surface area contributed by atoms with Crippen LogP contribution in [0.3, 0.4) is 0 Å². The van der Waals surface area contributed by atoms with Gasteiger partial charge in [0.25, 0.3) is 6.71 Å². The van der Waals surface area contributed by atoms with Crippen LogP contribution in [0.2, 0.25) is 0 Å². The number of nitrogens with zero attached hydrogens (tertiary/aromatic N) is 3. The molecular formula is C48H54BN3O. The Labute approximate surface area is 317 Å². The lowest BCUT2D eigenvalue weighted by molar-refractivity contribution is 0.466. The molecule has 53 heavy (non-hydrogen) atoms. The molecule has 0 saturated carbocycles. The SMILES string of the molecule is CC(C)(C)c1ccc(N2c3ccc(C(C)(C)C)cc3B3c4cc(C(C)(C)C)ccc4Oc4nc(-c5c6c(cc7c5CCCC7)CCCC6)nc2c43)cc1. The Kier molecular flexibility index (Phi) is 7.83. The fourth-order valence-electron chi connectivity index (χ4n) is 9.32. The summed E-state index contributed by atoms with van der Waals surface area (Å²) in [7, 11) is 0. The normalized spacial score (nSPS) is 16.2. The van der Waals surface area contributed by atoms with Gasteiger partial charge in [-0.05, 0) is 142 Å². The monoisotopic (exact) mass is 699 g/mol. The molecule has 9 rings (SSSR count). The van der Waals surface area contributed by atoms with E-state index in [2.05, 4.69) is 134 Å². The van der Waals surface area contributed by atoms with Crippen LogP contribution in [0.25, 0.3) is 11.4 Å². The number of hydrogen-bond acceptors (Lipinski definition) is 4. The summed E-state index contributed by atoms with van der Waals surface area (Å²) < 4.78 is 7.02. The van der Waals surface area contributed by atoms with Gasteiger partial charge < -0.3 is 4.74 Å². The topological polar surface area (TPSA) is 38.2 Å². The van der Waals surface area contributed by atoms with Gasteiger partial charge in [0.05, 0.1) is 0 Å². The van der Waals surface area contributed by atoms with Crippen LogP contribution in [-0.2, 0) is 41.9 Å². The van der Waals surface area contributed by atoms with Crippen molar-refractivity contribution in [3.8, 4) is 23.0 Å². The van der Waals surface area contributed by atoms with Crippen LogP contribution >= 0.6 is 0 Å². The van der Waals surface area contributed by atoms with Crippen molar-refractivity contribution in [1.82, 2.24) is 9.97 Å². The third-order valence-electron chi connectivity index (χ3n) is 12.4. The second kappa shape index (κ2) is 12.1. The first-order chi connectivity index (χ1) is 25.2. The molecule has 0 saturated heterocycles. The quantitative estimate of drug-likeness (QED) is 0.169. The molecule has 2 aliphatic heterocycles. The number of benzene rings is 4. The predicted octanol–water partition coefficient (Wildman–Crippen LogP) is 10.2. The molecule has 0 amide bonds. The average molecular weight is 700 g/mol. The molecule has 0 spiro atoms. The highest BCUT2D eigenvalue weighted by Gasteiger charge is 2.45. The lowest BCUT2D eigenvalue weighted by Gasteiger charge is -2.40. The van der Waals surface area contributed by atoms with E-state index in [1.807, 2.05) is 0 Å². The number of ether oxygens (including phenoxy) is 1. The Morgan fingerprint density at radius 3 is 1.74 bits per heavy atom. The van der Waals surface area contributed by atoms with E-state index >= 15 is 0 Å². The Bertz CT molecular complexity index is 2250. The molecule has 1 aromatic heterocycles. The summed E-state index contributed by atoms with van der Waals surface area (Å²) in [6.07, 6.45) is 9.41. The Morgan fingerprint density at radius 1 is 0.585 bits per heavy atom. The van der Waals surface area contributed by atoms with E-state index < -0.39 is 0 Å². The zero-order valence-electron chi connectivity index (χ0n) is 33.3. The summed E-state index contributed by atoms with van der Waals surface area (Å²) in [5.41, 5.74) is 17.1. The van der Waals surface area contributed by atoms with E-state index in [1.165, 1.54) is 86.8 Å². The molecule has 270 valence electrons. The Hall–Kier alpha value is -4.38. The van der Waals surface area contributed by atoms with Crippen LogP contribution in [0.15, 0.2) is 66.7 Å². The van der Waals surface area contributed by atoms with Gasteiger partial charge >= 0.3 is 0 Å². The molecule has 0 fully saturated rings. The van der Waals surface area contributed by atoms with Crippen molar-refractivity contribution in [2.45, 2.75) is 130 Å². The maximum atomic E-state index is 7.02. The van der Waals surface area contributed by atoms with Crippen molar-refractivity contribution in [3.63, 3.8) is 0 Å².